The van der Waals surface area contributed by atoms with Crippen LogP contribution in [0.5, 0.6) is 0 Å². The Labute approximate surface area is 101 Å². The normalized spacial score (nSPS) is 17.5. The third kappa shape index (κ3) is 2.00. The molecular formula is C13H18N4. The van der Waals surface area contributed by atoms with E-state index in [0.717, 1.165) is 24.6 Å². The summed E-state index contributed by atoms with van der Waals surface area (Å²) in [7, 11) is 2.06. The quantitative estimate of drug-likeness (QED) is 0.860. The molecule has 3 rings (SSSR count). The number of aromatic nitrogens is 2. The highest BCUT2D eigenvalue weighted by atomic mass is 15.5. The maximum absolute atomic E-state index is 4.62. The Hall–Kier alpha value is -1.55. The SMILES string of the molecule is Cn1c(NN2CCCCC2)nc2ccccc21. The molecule has 2 aromatic rings. The smallest absolute Gasteiger partial charge is 0.218 e. The van der Waals surface area contributed by atoms with Gasteiger partial charge in [-0.05, 0) is 25.0 Å². The lowest BCUT2D eigenvalue weighted by Crippen LogP contribution is -2.35. The number of rotatable bonds is 2. The zero-order chi connectivity index (χ0) is 11.7. The third-order valence-corrected chi connectivity index (χ3v) is 3.40. The van der Waals surface area contributed by atoms with Crippen LogP contribution in [0.1, 0.15) is 19.3 Å². The van der Waals surface area contributed by atoms with Gasteiger partial charge >= 0.3 is 0 Å². The van der Waals surface area contributed by atoms with Crippen molar-refractivity contribution in [1.29, 1.82) is 0 Å². The Kier molecular flexibility index (Phi) is 2.73. The summed E-state index contributed by atoms with van der Waals surface area (Å²) in [4.78, 5) is 4.62. The maximum Gasteiger partial charge on any atom is 0.218 e. The predicted molar refractivity (Wildman–Crippen MR) is 69.8 cm³/mol. The maximum atomic E-state index is 4.62. The molecule has 0 saturated carbocycles. The van der Waals surface area contributed by atoms with Crippen molar-refractivity contribution in [1.82, 2.24) is 14.6 Å². The van der Waals surface area contributed by atoms with Gasteiger partial charge in [0.25, 0.3) is 0 Å². The first kappa shape index (κ1) is 10.6. The number of para-hydroxylation sites is 2. The second-order valence-electron chi connectivity index (χ2n) is 4.64. The van der Waals surface area contributed by atoms with Crippen molar-refractivity contribution in [2.45, 2.75) is 19.3 Å². The van der Waals surface area contributed by atoms with Gasteiger partial charge in [0, 0.05) is 20.1 Å². The lowest BCUT2D eigenvalue weighted by molar-refractivity contribution is 0.270. The number of hydrazine groups is 1. The van der Waals surface area contributed by atoms with Gasteiger partial charge in [0.05, 0.1) is 11.0 Å². The van der Waals surface area contributed by atoms with E-state index in [9.17, 15) is 0 Å². The molecular weight excluding hydrogens is 212 g/mol. The number of fused-ring (bicyclic) bond motifs is 1. The molecule has 0 spiro atoms. The number of benzene rings is 1. The lowest BCUT2D eigenvalue weighted by atomic mass is 10.2. The van der Waals surface area contributed by atoms with E-state index in [0.29, 0.717) is 0 Å². The highest BCUT2D eigenvalue weighted by molar-refractivity contribution is 5.78. The van der Waals surface area contributed by atoms with Crippen LogP contribution in [0.15, 0.2) is 24.3 Å². The molecule has 1 aliphatic rings. The number of aryl methyl sites for hydroxylation is 1. The number of hydrogen-bond acceptors (Lipinski definition) is 3. The minimum absolute atomic E-state index is 0.938. The van der Waals surface area contributed by atoms with Gasteiger partial charge in [-0.25, -0.2) is 9.99 Å². The first-order chi connectivity index (χ1) is 8.34. The monoisotopic (exact) mass is 230 g/mol. The molecule has 1 aromatic carbocycles. The van der Waals surface area contributed by atoms with Gasteiger partial charge < -0.3 is 4.57 Å². The first-order valence-corrected chi connectivity index (χ1v) is 6.28. The van der Waals surface area contributed by atoms with Crippen LogP contribution in [0.4, 0.5) is 5.95 Å². The summed E-state index contributed by atoms with van der Waals surface area (Å²) in [5.74, 6) is 0.938. The van der Waals surface area contributed by atoms with Crippen LogP contribution in [0, 0.1) is 0 Å². The fourth-order valence-electron chi connectivity index (χ4n) is 2.39. The zero-order valence-electron chi connectivity index (χ0n) is 10.2. The molecule has 4 nitrogen and oxygen atoms in total. The van der Waals surface area contributed by atoms with Crippen LogP contribution in [0.25, 0.3) is 11.0 Å². The molecule has 0 radical (unpaired) electrons. The molecule has 0 aliphatic carbocycles. The average molecular weight is 230 g/mol. The van der Waals surface area contributed by atoms with Crippen LogP contribution in [-0.2, 0) is 7.05 Å². The minimum Gasteiger partial charge on any atom is -0.312 e. The molecule has 17 heavy (non-hydrogen) atoms. The largest absolute Gasteiger partial charge is 0.312 e. The van der Waals surface area contributed by atoms with Gasteiger partial charge in [0.2, 0.25) is 5.95 Å². The zero-order valence-corrected chi connectivity index (χ0v) is 10.2. The van der Waals surface area contributed by atoms with E-state index in [4.69, 9.17) is 0 Å². The van der Waals surface area contributed by atoms with E-state index >= 15 is 0 Å². The molecule has 1 fully saturated rings. The minimum atomic E-state index is 0.938. The van der Waals surface area contributed by atoms with E-state index in [1.54, 1.807) is 0 Å². The van der Waals surface area contributed by atoms with E-state index in [1.807, 2.05) is 6.07 Å². The summed E-state index contributed by atoms with van der Waals surface area (Å²) >= 11 is 0. The third-order valence-electron chi connectivity index (χ3n) is 3.40. The van der Waals surface area contributed by atoms with Crippen molar-refractivity contribution in [2.24, 2.45) is 7.05 Å². The fourth-order valence-corrected chi connectivity index (χ4v) is 2.39. The van der Waals surface area contributed by atoms with Crippen molar-refractivity contribution in [3.63, 3.8) is 0 Å². The Bertz CT molecular complexity index is 511. The van der Waals surface area contributed by atoms with Gasteiger partial charge in [-0.2, -0.15) is 0 Å². The summed E-state index contributed by atoms with van der Waals surface area (Å²) in [5, 5.41) is 2.27. The molecule has 0 bridgehead atoms. The van der Waals surface area contributed by atoms with Gasteiger partial charge in [0.15, 0.2) is 0 Å². The van der Waals surface area contributed by atoms with Crippen LogP contribution in [0.3, 0.4) is 0 Å². The molecule has 90 valence electrons. The molecule has 0 atom stereocenters. The first-order valence-electron chi connectivity index (χ1n) is 6.28. The topological polar surface area (TPSA) is 33.1 Å². The highest BCUT2D eigenvalue weighted by Crippen LogP contribution is 2.19. The highest BCUT2D eigenvalue weighted by Gasteiger charge is 2.13. The molecule has 2 heterocycles. The van der Waals surface area contributed by atoms with Gasteiger partial charge in [0.1, 0.15) is 0 Å². The number of imidazole rings is 1. The molecule has 1 N–H and O–H groups in total. The van der Waals surface area contributed by atoms with E-state index in [2.05, 4.69) is 45.2 Å². The Morgan fingerprint density at radius 1 is 1.12 bits per heavy atom. The molecule has 0 amide bonds. The van der Waals surface area contributed by atoms with Gasteiger partial charge in [-0.1, -0.05) is 18.6 Å². The van der Waals surface area contributed by atoms with Crippen LogP contribution >= 0.6 is 0 Å². The predicted octanol–water partition coefficient (Wildman–Crippen LogP) is 2.39. The Morgan fingerprint density at radius 2 is 1.88 bits per heavy atom. The second kappa shape index (κ2) is 4.37. The Morgan fingerprint density at radius 3 is 2.65 bits per heavy atom. The van der Waals surface area contributed by atoms with Crippen molar-refractivity contribution >= 4 is 17.0 Å². The van der Waals surface area contributed by atoms with E-state index in [1.165, 1.54) is 24.8 Å². The summed E-state index contributed by atoms with van der Waals surface area (Å²) in [6.45, 7) is 2.23. The average Bonchev–Trinajstić information content (AvgIpc) is 2.68. The number of nitrogens with zero attached hydrogens (tertiary/aromatic N) is 3. The number of piperidine rings is 1. The van der Waals surface area contributed by atoms with Crippen LogP contribution < -0.4 is 5.43 Å². The molecule has 1 aromatic heterocycles. The van der Waals surface area contributed by atoms with Crippen molar-refractivity contribution in [3.05, 3.63) is 24.3 Å². The molecule has 1 aliphatic heterocycles. The van der Waals surface area contributed by atoms with Gasteiger partial charge in [-0.3, -0.25) is 5.43 Å². The summed E-state index contributed by atoms with van der Waals surface area (Å²) in [6.07, 6.45) is 3.90. The number of nitrogens with one attached hydrogen (secondary N) is 1. The molecule has 0 unspecified atom stereocenters. The Balaban J connectivity index is 1.87. The van der Waals surface area contributed by atoms with Crippen LogP contribution in [-0.4, -0.2) is 27.6 Å². The standard InChI is InChI=1S/C13H18N4/c1-16-12-8-4-3-7-11(12)14-13(16)15-17-9-5-2-6-10-17/h3-4,7-8H,2,5-6,9-10H2,1H3,(H,14,15). The van der Waals surface area contributed by atoms with Crippen molar-refractivity contribution in [2.75, 3.05) is 18.5 Å². The fraction of sp³-hybridized carbons (Fsp3) is 0.462. The number of anilines is 1. The lowest BCUT2D eigenvalue weighted by Gasteiger charge is -2.27. The summed E-state index contributed by atoms with van der Waals surface area (Å²) in [5.41, 5.74) is 5.65. The van der Waals surface area contributed by atoms with Gasteiger partial charge in [-0.15, -0.1) is 0 Å². The number of hydrogen-bond donors (Lipinski definition) is 1. The van der Waals surface area contributed by atoms with Crippen molar-refractivity contribution in [3.8, 4) is 0 Å². The summed E-state index contributed by atoms with van der Waals surface area (Å²) in [6, 6.07) is 8.23. The second-order valence-corrected chi connectivity index (χ2v) is 4.64. The van der Waals surface area contributed by atoms with E-state index < -0.39 is 0 Å². The molecule has 4 heteroatoms. The summed E-state index contributed by atoms with van der Waals surface area (Å²) < 4.78 is 2.12. The van der Waals surface area contributed by atoms with Crippen LogP contribution in [0.2, 0.25) is 0 Å². The van der Waals surface area contributed by atoms with Crippen molar-refractivity contribution < 1.29 is 0 Å². The van der Waals surface area contributed by atoms with E-state index in [-0.39, 0.29) is 0 Å². The molecule has 1 saturated heterocycles.